The standard InChI is InChI=1S/C14H12BrN/c15-10-9-13(12-6-2-1-3-7-12)14-8-4-5-11-16-14/h1-9,11H,10H2/b13-9-. The summed E-state index contributed by atoms with van der Waals surface area (Å²) in [5.74, 6) is 0. The minimum Gasteiger partial charge on any atom is -0.256 e. The van der Waals surface area contributed by atoms with Crippen LogP contribution >= 0.6 is 15.9 Å². The molecule has 0 saturated heterocycles. The number of aromatic nitrogens is 1. The first-order valence-electron chi connectivity index (χ1n) is 5.15. The number of rotatable bonds is 3. The number of alkyl halides is 1. The van der Waals surface area contributed by atoms with Gasteiger partial charge in [0.25, 0.3) is 0 Å². The topological polar surface area (TPSA) is 12.9 Å². The van der Waals surface area contributed by atoms with Crippen LogP contribution in [0.4, 0.5) is 0 Å². The quantitative estimate of drug-likeness (QED) is 0.773. The molecule has 0 atom stereocenters. The molecule has 2 rings (SSSR count). The molecule has 0 spiro atoms. The van der Waals surface area contributed by atoms with E-state index in [0.717, 1.165) is 16.6 Å². The lowest BCUT2D eigenvalue weighted by Gasteiger charge is -2.06. The molecule has 0 amide bonds. The number of nitrogens with zero attached hydrogens (tertiary/aromatic N) is 1. The van der Waals surface area contributed by atoms with Gasteiger partial charge in [-0.2, -0.15) is 0 Å². The molecule has 1 nitrogen and oxygen atoms in total. The Kier molecular flexibility index (Phi) is 3.89. The number of hydrogen-bond donors (Lipinski definition) is 0. The normalized spacial score (nSPS) is 11.4. The van der Waals surface area contributed by atoms with Crippen molar-refractivity contribution >= 4 is 21.5 Å². The summed E-state index contributed by atoms with van der Waals surface area (Å²) in [6.07, 6.45) is 3.96. The highest BCUT2D eigenvalue weighted by Crippen LogP contribution is 2.21. The maximum Gasteiger partial charge on any atom is 0.0705 e. The van der Waals surface area contributed by atoms with E-state index in [4.69, 9.17) is 0 Å². The predicted molar refractivity (Wildman–Crippen MR) is 71.6 cm³/mol. The second-order valence-electron chi connectivity index (χ2n) is 3.35. The Morgan fingerprint density at radius 3 is 2.44 bits per heavy atom. The third-order valence-corrected chi connectivity index (χ3v) is 2.63. The van der Waals surface area contributed by atoms with Gasteiger partial charge < -0.3 is 0 Å². The van der Waals surface area contributed by atoms with E-state index in [0.29, 0.717) is 0 Å². The van der Waals surface area contributed by atoms with Gasteiger partial charge in [-0.3, -0.25) is 4.98 Å². The number of hydrogen-bond acceptors (Lipinski definition) is 1. The summed E-state index contributed by atoms with van der Waals surface area (Å²) < 4.78 is 0. The van der Waals surface area contributed by atoms with E-state index in [9.17, 15) is 0 Å². The molecule has 16 heavy (non-hydrogen) atoms. The molecule has 0 fully saturated rings. The van der Waals surface area contributed by atoms with Gasteiger partial charge in [-0.25, -0.2) is 0 Å². The van der Waals surface area contributed by atoms with Crippen molar-refractivity contribution in [3.05, 3.63) is 72.1 Å². The summed E-state index contributed by atoms with van der Waals surface area (Å²) >= 11 is 3.44. The molecule has 80 valence electrons. The summed E-state index contributed by atoms with van der Waals surface area (Å²) in [7, 11) is 0. The van der Waals surface area contributed by atoms with Crippen LogP contribution in [0.25, 0.3) is 5.57 Å². The van der Waals surface area contributed by atoms with Crippen molar-refractivity contribution in [1.82, 2.24) is 4.98 Å². The Labute approximate surface area is 104 Å². The monoisotopic (exact) mass is 273 g/mol. The van der Waals surface area contributed by atoms with Gasteiger partial charge in [0.05, 0.1) is 5.69 Å². The molecule has 0 bridgehead atoms. The fourth-order valence-electron chi connectivity index (χ4n) is 1.59. The Morgan fingerprint density at radius 2 is 1.81 bits per heavy atom. The van der Waals surface area contributed by atoms with E-state index in [-0.39, 0.29) is 0 Å². The van der Waals surface area contributed by atoms with Crippen LogP contribution in [-0.2, 0) is 0 Å². The predicted octanol–water partition coefficient (Wildman–Crippen LogP) is 3.91. The zero-order chi connectivity index (χ0) is 11.2. The summed E-state index contributed by atoms with van der Waals surface area (Å²) in [6.45, 7) is 0. The number of halogens is 1. The van der Waals surface area contributed by atoms with E-state index in [1.54, 1.807) is 0 Å². The summed E-state index contributed by atoms with van der Waals surface area (Å²) in [6, 6.07) is 16.3. The molecular weight excluding hydrogens is 262 g/mol. The molecule has 1 aromatic carbocycles. The van der Waals surface area contributed by atoms with Crippen molar-refractivity contribution in [1.29, 1.82) is 0 Å². The van der Waals surface area contributed by atoms with Crippen LogP contribution in [0.2, 0.25) is 0 Å². The fourth-order valence-corrected chi connectivity index (χ4v) is 1.91. The average molecular weight is 274 g/mol. The van der Waals surface area contributed by atoms with E-state index >= 15 is 0 Å². The molecule has 2 heteroatoms. The van der Waals surface area contributed by atoms with Gasteiger partial charge in [-0.15, -0.1) is 0 Å². The van der Waals surface area contributed by atoms with Crippen LogP contribution in [0, 0.1) is 0 Å². The van der Waals surface area contributed by atoms with Crippen molar-refractivity contribution in [3.63, 3.8) is 0 Å². The first-order valence-corrected chi connectivity index (χ1v) is 6.27. The van der Waals surface area contributed by atoms with Crippen molar-refractivity contribution in [2.45, 2.75) is 0 Å². The molecular formula is C14H12BrN. The van der Waals surface area contributed by atoms with Crippen LogP contribution in [0.1, 0.15) is 11.3 Å². The molecule has 0 unspecified atom stereocenters. The smallest absolute Gasteiger partial charge is 0.0705 e. The Morgan fingerprint density at radius 1 is 1.06 bits per heavy atom. The largest absolute Gasteiger partial charge is 0.256 e. The summed E-state index contributed by atoms with van der Waals surface area (Å²) in [5.41, 5.74) is 3.37. The zero-order valence-corrected chi connectivity index (χ0v) is 10.4. The minimum atomic E-state index is 0.827. The van der Waals surface area contributed by atoms with Gasteiger partial charge in [0.2, 0.25) is 0 Å². The van der Waals surface area contributed by atoms with Gasteiger partial charge in [-0.1, -0.05) is 58.4 Å². The molecule has 0 aliphatic heterocycles. The van der Waals surface area contributed by atoms with Gasteiger partial charge in [0, 0.05) is 17.1 Å². The van der Waals surface area contributed by atoms with Crippen molar-refractivity contribution in [2.75, 3.05) is 5.33 Å². The third-order valence-electron chi connectivity index (χ3n) is 2.31. The number of benzene rings is 1. The van der Waals surface area contributed by atoms with E-state index in [2.05, 4.69) is 39.1 Å². The zero-order valence-electron chi connectivity index (χ0n) is 8.81. The van der Waals surface area contributed by atoms with Crippen LogP contribution < -0.4 is 0 Å². The minimum absolute atomic E-state index is 0.827. The summed E-state index contributed by atoms with van der Waals surface area (Å²) in [5, 5.41) is 0.827. The molecule has 0 radical (unpaired) electrons. The first kappa shape index (κ1) is 11.1. The second kappa shape index (κ2) is 5.61. The number of pyridine rings is 1. The van der Waals surface area contributed by atoms with Crippen molar-refractivity contribution in [3.8, 4) is 0 Å². The highest BCUT2D eigenvalue weighted by molar-refractivity contribution is 9.09. The number of allylic oxidation sites excluding steroid dienone is 1. The maximum absolute atomic E-state index is 4.38. The van der Waals surface area contributed by atoms with Crippen molar-refractivity contribution < 1.29 is 0 Å². The van der Waals surface area contributed by atoms with Gasteiger partial charge in [0.15, 0.2) is 0 Å². The van der Waals surface area contributed by atoms with E-state index in [1.165, 1.54) is 5.56 Å². The highest BCUT2D eigenvalue weighted by Gasteiger charge is 2.04. The summed E-state index contributed by atoms with van der Waals surface area (Å²) in [4.78, 5) is 4.38. The van der Waals surface area contributed by atoms with Crippen LogP contribution in [0.3, 0.4) is 0 Å². The SMILES string of the molecule is BrC/C=C(/c1ccccc1)c1ccccn1. The maximum atomic E-state index is 4.38. The fraction of sp³-hybridized carbons (Fsp3) is 0.0714. The van der Waals surface area contributed by atoms with Crippen LogP contribution in [-0.4, -0.2) is 10.3 Å². The van der Waals surface area contributed by atoms with Crippen LogP contribution in [0.5, 0.6) is 0 Å². The van der Waals surface area contributed by atoms with Crippen LogP contribution in [0.15, 0.2) is 60.8 Å². The van der Waals surface area contributed by atoms with E-state index < -0.39 is 0 Å². The molecule has 2 aromatic rings. The van der Waals surface area contributed by atoms with E-state index in [1.807, 2.05) is 42.6 Å². The highest BCUT2D eigenvalue weighted by atomic mass is 79.9. The molecule has 0 saturated carbocycles. The average Bonchev–Trinajstić information content (AvgIpc) is 2.38. The second-order valence-corrected chi connectivity index (χ2v) is 4.00. The molecule has 1 heterocycles. The molecule has 0 aliphatic carbocycles. The first-order chi connectivity index (χ1) is 7.92. The lowest BCUT2D eigenvalue weighted by atomic mass is 10.0. The third kappa shape index (κ3) is 2.58. The van der Waals surface area contributed by atoms with Gasteiger partial charge in [-0.05, 0) is 17.7 Å². The van der Waals surface area contributed by atoms with Gasteiger partial charge in [0.1, 0.15) is 0 Å². The molecule has 0 N–H and O–H groups in total. The van der Waals surface area contributed by atoms with Gasteiger partial charge >= 0.3 is 0 Å². The Hall–Kier alpha value is -1.41. The van der Waals surface area contributed by atoms with Crippen molar-refractivity contribution in [2.24, 2.45) is 0 Å². The lowest BCUT2D eigenvalue weighted by Crippen LogP contribution is -1.91. The lowest BCUT2D eigenvalue weighted by molar-refractivity contribution is 1.27. The Balaban J connectivity index is 2.44. The Bertz CT molecular complexity index is 421. The molecule has 1 aromatic heterocycles. The molecule has 0 aliphatic rings.